The van der Waals surface area contributed by atoms with Crippen LogP contribution in [-0.4, -0.2) is 23.0 Å². The van der Waals surface area contributed by atoms with Crippen LogP contribution in [0.5, 0.6) is 5.75 Å². The van der Waals surface area contributed by atoms with Crippen molar-refractivity contribution in [3.63, 3.8) is 0 Å². The Morgan fingerprint density at radius 1 is 1.15 bits per heavy atom. The van der Waals surface area contributed by atoms with Crippen LogP contribution < -0.4 is 15.4 Å². The second-order valence-electron chi connectivity index (χ2n) is 7.03. The zero-order valence-electron chi connectivity index (χ0n) is 15.5. The number of carbonyl (C=O) groups excluding carboxylic acids is 1. The Hall–Kier alpha value is -2.56. The average molecular weight is 353 g/mol. The number of benzene rings is 1. The Morgan fingerprint density at radius 2 is 1.92 bits per heavy atom. The van der Waals surface area contributed by atoms with Crippen LogP contribution in [0.4, 0.5) is 11.5 Å². The summed E-state index contributed by atoms with van der Waals surface area (Å²) >= 11 is 0. The molecule has 1 aliphatic rings. The molecule has 26 heavy (non-hydrogen) atoms. The molecular weight excluding hydrogens is 326 g/mol. The third-order valence-electron chi connectivity index (χ3n) is 4.47. The number of ether oxygens (including phenoxy) is 1. The number of nitrogens with zero attached hydrogens (tertiary/aromatic N) is 1. The van der Waals surface area contributed by atoms with Crippen molar-refractivity contribution in [1.82, 2.24) is 10.3 Å². The van der Waals surface area contributed by atoms with Crippen LogP contribution in [0.1, 0.15) is 56.3 Å². The first kappa shape index (κ1) is 18.2. The maximum Gasteiger partial charge on any atom is 0.251 e. The van der Waals surface area contributed by atoms with Gasteiger partial charge in [-0.2, -0.15) is 0 Å². The van der Waals surface area contributed by atoms with Gasteiger partial charge < -0.3 is 15.4 Å². The average Bonchev–Trinajstić information content (AvgIpc) is 2.64. The predicted octanol–water partition coefficient (Wildman–Crippen LogP) is 4.67. The Balaban J connectivity index is 1.70. The molecule has 1 aromatic carbocycles. The van der Waals surface area contributed by atoms with E-state index in [1.165, 1.54) is 19.3 Å². The molecule has 0 atom stereocenters. The second-order valence-corrected chi connectivity index (χ2v) is 7.03. The van der Waals surface area contributed by atoms with Crippen LogP contribution in [0.2, 0.25) is 0 Å². The van der Waals surface area contributed by atoms with E-state index in [2.05, 4.69) is 15.6 Å². The van der Waals surface area contributed by atoms with Crippen LogP contribution >= 0.6 is 0 Å². The van der Waals surface area contributed by atoms with Crippen LogP contribution in [0, 0.1) is 0 Å². The van der Waals surface area contributed by atoms with Gasteiger partial charge in [0.05, 0.1) is 11.8 Å². The van der Waals surface area contributed by atoms with Crippen LogP contribution in [0.3, 0.4) is 0 Å². The highest BCUT2D eigenvalue weighted by molar-refractivity contribution is 5.95. The lowest BCUT2D eigenvalue weighted by molar-refractivity contribution is 0.0927. The van der Waals surface area contributed by atoms with Crippen molar-refractivity contribution in [3.05, 3.63) is 48.2 Å². The molecule has 2 N–H and O–H groups in total. The van der Waals surface area contributed by atoms with Crippen molar-refractivity contribution in [2.24, 2.45) is 0 Å². The van der Waals surface area contributed by atoms with E-state index in [1.807, 2.05) is 38.1 Å². The summed E-state index contributed by atoms with van der Waals surface area (Å²) in [5.74, 6) is 1.36. The summed E-state index contributed by atoms with van der Waals surface area (Å²) in [4.78, 5) is 16.9. The number of nitrogens with one attached hydrogen (secondary N) is 2. The van der Waals surface area contributed by atoms with Crippen LogP contribution in [-0.2, 0) is 0 Å². The van der Waals surface area contributed by atoms with Crippen LogP contribution in [0.15, 0.2) is 42.6 Å². The van der Waals surface area contributed by atoms with E-state index in [4.69, 9.17) is 4.74 Å². The molecule has 0 spiro atoms. The Labute approximate surface area is 155 Å². The zero-order chi connectivity index (χ0) is 18.4. The SMILES string of the molecule is CC(C)Oc1ccccc1Nc1cc(C(=O)NC2CCCCC2)ccn1. The predicted molar refractivity (Wildman–Crippen MR) is 104 cm³/mol. The third kappa shape index (κ3) is 4.97. The molecular formula is C21H27N3O2. The Kier molecular flexibility index (Phi) is 6.10. The van der Waals surface area contributed by atoms with Gasteiger partial charge in [-0.05, 0) is 51.0 Å². The number of hydrogen-bond acceptors (Lipinski definition) is 4. The quantitative estimate of drug-likeness (QED) is 0.792. The highest BCUT2D eigenvalue weighted by atomic mass is 16.5. The number of amides is 1. The van der Waals surface area contributed by atoms with E-state index in [0.717, 1.165) is 24.3 Å². The molecule has 5 nitrogen and oxygen atoms in total. The second kappa shape index (κ2) is 8.70. The number of anilines is 2. The molecule has 2 aromatic rings. The normalized spacial score (nSPS) is 14.9. The minimum absolute atomic E-state index is 0.0333. The minimum atomic E-state index is -0.0333. The topological polar surface area (TPSA) is 63.2 Å². The van der Waals surface area contributed by atoms with Crippen molar-refractivity contribution < 1.29 is 9.53 Å². The standard InChI is InChI=1S/C21H27N3O2/c1-15(2)26-19-11-7-6-10-18(19)24-20-14-16(12-13-22-20)21(25)23-17-8-4-3-5-9-17/h6-7,10-15,17H,3-5,8-9H2,1-2H3,(H,22,24)(H,23,25). The summed E-state index contributed by atoms with van der Waals surface area (Å²) in [6, 6.07) is 11.6. The van der Waals surface area contributed by atoms with E-state index in [-0.39, 0.29) is 12.0 Å². The molecule has 1 amide bonds. The van der Waals surface area contributed by atoms with Gasteiger partial charge in [0.1, 0.15) is 11.6 Å². The summed E-state index contributed by atoms with van der Waals surface area (Å²) in [6.07, 6.45) is 7.54. The number of pyridine rings is 1. The summed E-state index contributed by atoms with van der Waals surface area (Å²) in [7, 11) is 0. The summed E-state index contributed by atoms with van der Waals surface area (Å²) in [5, 5.41) is 6.41. The van der Waals surface area contributed by atoms with Crippen LogP contribution in [0.25, 0.3) is 0 Å². The van der Waals surface area contributed by atoms with E-state index in [0.29, 0.717) is 17.4 Å². The molecule has 1 saturated carbocycles. The number of para-hydroxylation sites is 2. The van der Waals surface area contributed by atoms with Crippen molar-refractivity contribution >= 4 is 17.4 Å². The monoisotopic (exact) mass is 353 g/mol. The maximum absolute atomic E-state index is 12.5. The molecule has 5 heteroatoms. The van der Waals surface area contributed by atoms with E-state index >= 15 is 0 Å². The van der Waals surface area contributed by atoms with Gasteiger partial charge in [-0.25, -0.2) is 4.98 Å². The van der Waals surface area contributed by atoms with Gasteiger partial charge in [0.15, 0.2) is 0 Å². The van der Waals surface area contributed by atoms with Crippen molar-refractivity contribution in [2.75, 3.05) is 5.32 Å². The molecule has 0 saturated heterocycles. The van der Waals surface area contributed by atoms with Crippen molar-refractivity contribution in [1.29, 1.82) is 0 Å². The molecule has 0 bridgehead atoms. The van der Waals surface area contributed by atoms with Gasteiger partial charge in [0.25, 0.3) is 5.91 Å². The smallest absolute Gasteiger partial charge is 0.251 e. The first-order valence-electron chi connectivity index (χ1n) is 9.41. The molecule has 1 aliphatic carbocycles. The minimum Gasteiger partial charge on any atom is -0.489 e. The highest BCUT2D eigenvalue weighted by Crippen LogP contribution is 2.27. The molecule has 1 aromatic heterocycles. The molecule has 0 radical (unpaired) electrons. The summed E-state index contributed by atoms with van der Waals surface area (Å²) < 4.78 is 5.83. The highest BCUT2D eigenvalue weighted by Gasteiger charge is 2.17. The van der Waals surface area contributed by atoms with Gasteiger partial charge in [-0.15, -0.1) is 0 Å². The van der Waals surface area contributed by atoms with Crippen molar-refractivity contribution in [3.8, 4) is 5.75 Å². The van der Waals surface area contributed by atoms with Crippen molar-refractivity contribution in [2.45, 2.75) is 58.1 Å². The lowest BCUT2D eigenvalue weighted by Gasteiger charge is -2.22. The number of hydrogen-bond donors (Lipinski definition) is 2. The van der Waals surface area contributed by atoms with Gasteiger partial charge in [-0.3, -0.25) is 4.79 Å². The fourth-order valence-corrected chi connectivity index (χ4v) is 3.22. The fourth-order valence-electron chi connectivity index (χ4n) is 3.22. The number of rotatable bonds is 6. The van der Waals surface area contributed by atoms with E-state index in [9.17, 15) is 4.79 Å². The molecule has 138 valence electrons. The van der Waals surface area contributed by atoms with Gasteiger partial charge >= 0.3 is 0 Å². The first-order chi connectivity index (χ1) is 12.6. The molecule has 0 unspecified atom stereocenters. The summed E-state index contributed by atoms with van der Waals surface area (Å²) in [6.45, 7) is 3.98. The third-order valence-corrected chi connectivity index (χ3v) is 4.47. The van der Waals surface area contributed by atoms with Gasteiger partial charge in [0.2, 0.25) is 0 Å². The zero-order valence-corrected chi connectivity index (χ0v) is 15.5. The largest absolute Gasteiger partial charge is 0.489 e. The van der Waals surface area contributed by atoms with Gasteiger partial charge in [0, 0.05) is 17.8 Å². The Bertz CT molecular complexity index is 740. The lowest BCUT2D eigenvalue weighted by Crippen LogP contribution is -2.36. The Morgan fingerprint density at radius 3 is 2.69 bits per heavy atom. The number of carbonyl (C=O) groups is 1. The van der Waals surface area contributed by atoms with E-state index in [1.54, 1.807) is 18.3 Å². The first-order valence-corrected chi connectivity index (χ1v) is 9.41. The molecule has 3 rings (SSSR count). The maximum atomic E-state index is 12.5. The van der Waals surface area contributed by atoms with E-state index < -0.39 is 0 Å². The summed E-state index contributed by atoms with van der Waals surface area (Å²) in [5.41, 5.74) is 1.45. The number of aromatic nitrogens is 1. The molecule has 1 heterocycles. The lowest BCUT2D eigenvalue weighted by atomic mass is 9.95. The molecule has 0 aliphatic heterocycles. The van der Waals surface area contributed by atoms with Gasteiger partial charge in [-0.1, -0.05) is 31.4 Å². The molecule has 1 fully saturated rings. The fraction of sp³-hybridized carbons (Fsp3) is 0.429.